The van der Waals surface area contributed by atoms with Crippen molar-refractivity contribution >= 4 is 21.8 Å². The van der Waals surface area contributed by atoms with Crippen LogP contribution in [0.1, 0.15) is 30.1 Å². The second kappa shape index (κ2) is 7.09. The molecule has 5 heteroatoms. The highest BCUT2D eigenvalue weighted by Crippen LogP contribution is 2.25. The van der Waals surface area contributed by atoms with Gasteiger partial charge in [0.1, 0.15) is 5.75 Å². The lowest BCUT2D eigenvalue weighted by Gasteiger charge is -2.32. The molecule has 20 heavy (non-hydrogen) atoms. The lowest BCUT2D eigenvalue weighted by Crippen LogP contribution is -2.43. The fourth-order valence-electron chi connectivity index (χ4n) is 2.46. The topological polar surface area (TPSA) is 38.8 Å². The van der Waals surface area contributed by atoms with Crippen molar-refractivity contribution in [2.24, 2.45) is 0 Å². The highest BCUT2D eigenvalue weighted by molar-refractivity contribution is 9.10. The molecule has 110 valence electrons. The smallest absolute Gasteiger partial charge is 0.255 e. The van der Waals surface area contributed by atoms with E-state index in [0.717, 1.165) is 23.9 Å². The molecule has 0 spiro atoms. The summed E-state index contributed by atoms with van der Waals surface area (Å²) in [6, 6.07) is 5.45. The van der Waals surface area contributed by atoms with Crippen LogP contribution in [0.15, 0.2) is 22.7 Å². The van der Waals surface area contributed by atoms with Crippen LogP contribution in [0.25, 0.3) is 0 Å². The third kappa shape index (κ3) is 3.52. The van der Waals surface area contributed by atoms with Crippen LogP contribution in [-0.2, 0) is 4.74 Å². The van der Waals surface area contributed by atoms with E-state index in [9.17, 15) is 4.79 Å². The van der Waals surface area contributed by atoms with Gasteiger partial charge in [0.25, 0.3) is 5.91 Å². The summed E-state index contributed by atoms with van der Waals surface area (Å²) >= 11 is 3.44. The lowest BCUT2D eigenvalue weighted by atomic mass is 10.1. The minimum absolute atomic E-state index is 0.0279. The predicted molar refractivity (Wildman–Crippen MR) is 81.2 cm³/mol. The molecule has 0 aromatic heterocycles. The second-order valence-electron chi connectivity index (χ2n) is 4.82. The summed E-state index contributed by atoms with van der Waals surface area (Å²) in [6.07, 6.45) is 2.16. The van der Waals surface area contributed by atoms with Gasteiger partial charge < -0.3 is 14.4 Å². The summed E-state index contributed by atoms with van der Waals surface area (Å²) in [5.41, 5.74) is 0.640. The Kier molecular flexibility index (Phi) is 5.43. The fourth-order valence-corrected chi connectivity index (χ4v) is 2.88. The van der Waals surface area contributed by atoms with Crippen molar-refractivity contribution in [1.82, 2.24) is 4.90 Å². The fraction of sp³-hybridized carbons (Fsp3) is 0.533. The molecule has 0 aliphatic carbocycles. The Bertz CT molecular complexity index is 476. The number of methoxy groups -OCH3 is 1. The maximum atomic E-state index is 12.6. The molecular weight excluding hydrogens is 322 g/mol. The normalized spacial score (nSPS) is 18.9. The third-order valence-electron chi connectivity index (χ3n) is 3.47. The van der Waals surface area contributed by atoms with Crippen molar-refractivity contribution < 1.29 is 14.3 Å². The number of hydrogen-bond donors (Lipinski definition) is 0. The summed E-state index contributed by atoms with van der Waals surface area (Å²) in [5.74, 6) is 0.718. The van der Waals surface area contributed by atoms with Crippen molar-refractivity contribution in [3.05, 3.63) is 28.2 Å². The van der Waals surface area contributed by atoms with Crippen LogP contribution < -0.4 is 4.74 Å². The van der Waals surface area contributed by atoms with Crippen molar-refractivity contribution in [2.75, 3.05) is 26.8 Å². The monoisotopic (exact) mass is 341 g/mol. The summed E-state index contributed by atoms with van der Waals surface area (Å²) in [4.78, 5) is 14.5. The number of likely N-dealkylation sites (tertiary alicyclic amines) is 1. The molecule has 0 bridgehead atoms. The number of amides is 1. The first kappa shape index (κ1) is 15.3. The van der Waals surface area contributed by atoms with Gasteiger partial charge in [-0.05, 0) is 53.9 Å². The van der Waals surface area contributed by atoms with Crippen LogP contribution in [0.3, 0.4) is 0 Å². The number of ether oxygens (including phenoxy) is 2. The van der Waals surface area contributed by atoms with E-state index in [-0.39, 0.29) is 12.0 Å². The van der Waals surface area contributed by atoms with Gasteiger partial charge >= 0.3 is 0 Å². The van der Waals surface area contributed by atoms with Gasteiger partial charge in [-0.15, -0.1) is 0 Å². The highest BCUT2D eigenvalue weighted by Gasteiger charge is 2.26. The summed E-state index contributed by atoms with van der Waals surface area (Å²) < 4.78 is 11.6. The number of rotatable bonds is 4. The molecule has 1 aliphatic rings. The van der Waals surface area contributed by atoms with Crippen LogP contribution in [0.4, 0.5) is 0 Å². The van der Waals surface area contributed by atoms with Crippen LogP contribution in [0.2, 0.25) is 0 Å². The van der Waals surface area contributed by atoms with Gasteiger partial charge in [-0.3, -0.25) is 4.79 Å². The summed E-state index contributed by atoms with van der Waals surface area (Å²) in [7, 11) is 1.60. The Morgan fingerprint density at radius 3 is 3.00 bits per heavy atom. The number of carbonyl (C=O) groups excluding carboxylic acids is 1. The highest BCUT2D eigenvalue weighted by atomic mass is 79.9. The Morgan fingerprint density at radius 1 is 1.50 bits per heavy atom. The number of carbonyl (C=O) groups is 1. The number of hydrogen-bond acceptors (Lipinski definition) is 3. The largest absolute Gasteiger partial charge is 0.497 e. The van der Waals surface area contributed by atoms with E-state index in [1.807, 2.05) is 24.0 Å². The molecular formula is C15H20BrNO3. The average molecular weight is 342 g/mol. The molecule has 1 aliphatic heterocycles. The predicted octanol–water partition coefficient (Wildman–Crippen LogP) is 3.10. The van der Waals surface area contributed by atoms with Crippen molar-refractivity contribution in [2.45, 2.75) is 25.9 Å². The number of nitrogens with zero attached hydrogens (tertiary/aromatic N) is 1. The number of piperidine rings is 1. The number of halogens is 1. The van der Waals surface area contributed by atoms with E-state index in [2.05, 4.69) is 15.9 Å². The molecule has 0 radical (unpaired) electrons. The van der Waals surface area contributed by atoms with Gasteiger partial charge in [0.2, 0.25) is 0 Å². The molecule has 1 atom stereocenters. The molecule has 0 N–H and O–H groups in total. The van der Waals surface area contributed by atoms with E-state index in [4.69, 9.17) is 9.47 Å². The summed E-state index contributed by atoms with van der Waals surface area (Å²) in [6.45, 7) is 4.12. The quantitative estimate of drug-likeness (QED) is 0.844. The van der Waals surface area contributed by atoms with Gasteiger partial charge in [-0.1, -0.05) is 0 Å². The SMILES string of the molecule is CCOC1CCCN(C(=O)c2cc(OC)ccc2Br)C1. The van der Waals surface area contributed by atoms with Crippen LogP contribution in [0.5, 0.6) is 5.75 Å². The molecule has 1 aromatic rings. The first-order chi connectivity index (χ1) is 9.65. The first-order valence-electron chi connectivity index (χ1n) is 6.90. The van der Waals surface area contributed by atoms with E-state index < -0.39 is 0 Å². The molecule has 1 unspecified atom stereocenters. The Labute approximate surface area is 128 Å². The van der Waals surface area contributed by atoms with Crippen molar-refractivity contribution in [3.63, 3.8) is 0 Å². The maximum Gasteiger partial charge on any atom is 0.255 e. The van der Waals surface area contributed by atoms with E-state index in [1.165, 1.54) is 0 Å². The minimum atomic E-state index is 0.0279. The third-order valence-corrected chi connectivity index (χ3v) is 4.16. The zero-order valence-electron chi connectivity index (χ0n) is 11.9. The molecule has 4 nitrogen and oxygen atoms in total. The first-order valence-corrected chi connectivity index (χ1v) is 7.69. The minimum Gasteiger partial charge on any atom is -0.497 e. The van der Waals surface area contributed by atoms with Gasteiger partial charge in [-0.2, -0.15) is 0 Å². The standard InChI is InChI=1S/C15H20BrNO3/c1-3-20-12-5-4-8-17(10-12)15(18)13-9-11(19-2)6-7-14(13)16/h6-7,9,12H,3-5,8,10H2,1-2H3. The Morgan fingerprint density at radius 2 is 2.30 bits per heavy atom. The molecule has 1 saturated heterocycles. The van der Waals surface area contributed by atoms with E-state index in [1.54, 1.807) is 13.2 Å². The zero-order valence-corrected chi connectivity index (χ0v) is 13.5. The van der Waals surface area contributed by atoms with Crippen LogP contribution in [-0.4, -0.2) is 43.7 Å². The molecule has 1 fully saturated rings. The van der Waals surface area contributed by atoms with Gasteiger partial charge in [0.15, 0.2) is 0 Å². The van der Waals surface area contributed by atoms with Crippen LogP contribution >= 0.6 is 15.9 Å². The van der Waals surface area contributed by atoms with Crippen molar-refractivity contribution in [1.29, 1.82) is 0 Å². The molecule has 1 amide bonds. The Hall–Kier alpha value is -1.07. The van der Waals surface area contributed by atoms with Crippen LogP contribution in [0, 0.1) is 0 Å². The molecule has 0 saturated carbocycles. The van der Waals surface area contributed by atoms with E-state index in [0.29, 0.717) is 24.5 Å². The second-order valence-corrected chi connectivity index (χ2v) is 5.67. The molecule has 1 aromatic carbocycles. The van der Waals surface area contributed by atoms with Gasteiger partial charge in [0.05, 0.1) is 18.8 Å². The summed E-state index contributed by atoms with van der Waals surface area (Å²) in [5, 5.41) is 0. The average Bonchev–Trinajstić information content (AvgIpc) is 2.48. The van der Waals surface area contributed by atoms with E-state index >= 15 is 0 Å². The van der Waals surface area contributed by atoms with Crippen molar-refractivity contribution in [3.8, 4) is 5.75 Å². The van der Waals surface area contributed by atoms with Gasteiger partial charge in [0, 0.05) is 24.2 Å². The molecule has 2 rings (SSSR count). The Balaban J connectivity index is 2.14. The maximum absolute atomic E-state index is 12.6. The number of benzene rings is 1. The molecule has 1 heterocycles. The lowest BCUT2D eigenvalue weighted by molar-refractivity contribution is 0.00720. The zero-order chi connectivity index (χ0) is 14.5. The van der Waals surface area contributed by atoms with Gasteiger partial charge in [-0.25, -0.2) is 0 Å².